The number of nitrogens with one attached hydrogen (secondary N) is 2. The van der Waals surface area contributed by atoms with E-state index < -0.39 is 0 Å². The summed E-state index contributed by atoms with van der Waals surface area (Å²) in [5.74, 6) is 3.72. The molecule has 14 heteroatoms. The van der Waals surface area contributed by atoms with Crippen LogP contribution < -0.4 is 25.7 Å². The molecule has 2 aliphatic heterocycles. The van der Waals surface area contributed by atoms with Gasteiger partial charge in [0.05, 0.1) is 33.6 Å². The number of rotatable bonds is 9. The minimum atomic E-state index is -0.242. The van der Waals surface area contributed by atoms with Crippen LogP contribution in [0.4, 0.5) is 11.6 Å². The van der Waals surface area contributed by atoms with Crippen LogP contribution >= 0.6 is 23.2 Å². The molecule has 282 valence electrons. The van der Waals surface area contributed by atoms with E-state index in [4.69, 9.17) is 43.0 Å². The summed E-state index contributed by atoms with van der Waals surface area (Å²) in [5.41, 5.74) is 2.78. The molecular formula is C40H44Cl2N8O4. The van der Waals surface area contributed by atoms with Crippen LogP contribution in [-0.2, 0) is 25.7 Å². The first-order valence-corrected chi connectivity index (χ1v) is 18.9. The molecule has 2 aliphatic rings. The smallest absolute Gasteiger partial charge is 0.262 e. The van der Waals surface area contributed by atoms with Crippen LogP contribution in [0.25, 0.3) is 21.8 Å². The largest absolute Gasteiger partial charge is 0.494 e. The molecular weight excluding hydrogens is 727 g/mol. The van der Waals surface area contributed by atoms with E-state index in [1.807, 2.05) is 36.4 Å². The van der Waals surface area contributed by atoms with Gasteiger partial charge in [-0.05, 0) is 87.1 Å². The Kier molecular flexibility index (Phi) is 13.1. The molecule has 4 aromatic heterocycles. The van der Waals surface area contributed by atoms with Gasteiger partial charge in [0.25, 0.3) is 11.1 Å². The first kappa shape index (κ1) is 38.7. The molecule has 0 aliphatic carbocycles. The quantitative estimate of drug-likeness (QED) is 0.152. The van der Waals surface area contributed by atoms with Gasteiger partial charge in [0.2, 0.25) is 0 Å². The molecule has 6 heterocycles. The zero-order valence-corrected chi connectivity index (χ0v) is 32.0. The molecule has 0 bridgehead atoms. The number of aromatic amines is 2. The zero-order chi connectivity index (χ0) is 38.0. The molecule has 0 radical (unpaired) electrons. The molecule has 2 fully saturated rings. The third-order valence-corrected chi connectivity index (χ3v) is 10.1. The maximum atomic E-state index is 12.5. The molecule has 0 amide bonds. The number of H-pyrrole nitrogens is 2. The van der Waals surface area contributed by atoms with Gasteiger partial charge in [-0.25, -0.2) is 19.9 Å². The van der Waals surface area contributed by atoms with E-state index >= 15 is 0 Å². The molecule has 12 nitrogen and oxygen atoms in total. The van der Waals surface area contributed by atoms with Crippen molar-refractivity contribution in [2.24, 2.45) is 0 Å². The third kappa shape index (κ3) is 9.18. The second kappa shape index (κ2) is 18.3. The molecule has 0 saturated carbocycles. The molecule has 8 rings (SSSR count). The molecule has 6 aromatic rings. The van der Waals surface area contributed by atoms with Crippen molar-refractivity contribution >= 4 is 56.6 Å². The molecule has 2 aromatic carbocycles. The summed E-state index contributed by atoms with van der Waals surface area (Å²) in [6, 6.07) is 21.0. The summed E-state index contributed by atoms with van der Waals surface area (Å²) < 4.78 is 5.26. The fourth-order valence-corrected chi connectivity index (χ4v) is 7.30. The van der Waals surface area contributed by atoms with Crippen molar-refractivity contribution in [1.82, 2.24) is 29.9 Å². The Morgan fingerprint density at radius 2 is 1.09 bits per heavy atom. The maximum Gasteiger partial charge on any atom is 0.262 e. The van der Waals surface area contributed by atoms with Crippen molar-refractivity contribution in [3.63, 3.8) is 0 Å². The van der Waals surface area contributed by atoms with Gasteiger partial charge in [-0.1, -0.05) is 41.4 Å². The normalized spacial score (nSPS) is 13.8. The first-order valence-electron chi connectivity index (χ1n) is 18.2. The number of nitrogens with zero attached hydrogens (tertiary/aromatic N) is 6. The summed E-state index contributed by atoms with van der Waals surface area (Å²) in [7, 11) is 2.49. The van der Waals surface area contributed by atoms with E-state index in [1.165, 1.54) is 32.8 Å². The fraction of sp³-hybridized carbons (Fsp3) is 0.350. The molecule has 2 saturated heterocycles. The topological polar surface area (TPSA) is 153 Å². The van der Waals surface area contributed by atoms with E-state index in [0.29, 0.717) is 68.5 Å². The standard InChI is InChI=1S/C20H21ClN4O2.C19H19ClN4O.CH4O/c1-27-19-14(21)8-9-15-18(19)20(26)24-16(23-15)10-7-13-5-4-6-17(22-13)25-11-2-3-12-25;20-14-6-4-7-15-18(14)19(25)23-16(22-15)10-9-13-5-3-8-17(21-13)24-11-1-2-12-24;1-2/h4-6,8-9H,2-3,7,10-12H2,1H3,(H,23,24,26);3-8H,1-2,9-12H2,(H,22,23,25);2H,1H3. The molecule has 0 spiro atoms. The van der Waals surface area contributed by atoms with E-state index in [9.17, 15) is 9.59 Å². The number of halogens is 2. The van der Waals surface area contributed by atoms with Gasteiger partial charge in [-0.3, -0.25) is 9.59 Å². The summed E-state index contributed by atoms with van der Waals surface area (Å²) in [4.78, 5) is 53.7. The average molecular weight is 772 g/mol. The second-order valence-corrected chi connectivity index (χ2v) is 13.8. The number of aliphatic hydroxyl groups excluding tert-OH is 1. The number of hydrogen-bond donors (Lipinski definition) is 3. The minimum Gasteiger partial charge on any atom is -0.494 e. The maximum absolute atomic E-state index is 12.5. The van der Waals surface area contributed by atoms with Gasteiger partial charge in [0, 0.05) is 57.5 Å². The Hall–Kier alpha value is -5.04. The number of anilines is 2. The van der Waals surface area contributed by atoms with Gasteiger partial charge < -0.3 is 29.6 Å². The number of benzene rings is 2. The van der Waals surface area contributed by atoms with E-state index in [2.05, 4.69) is 41.9 Å². The van der Waals surface area contributed by atoms with Crippen LogP contribution in [0.2, 0.25) is 10.0 Å². The van der Waals surface area contributed by atoms with Crippen molar-refractivity contribution in [2.45, 2.75) is 51.4 Å². The molecule has 0 unspecified atom stereocenters. The van der Waals surface area contributed by atoms with Gasteiger partial charge in [-0.2, -0.15) is 0 Å². The third-order valence-electron chi connectivity index (χ3n) is 9.44. The fourth-order valence-electron chi connectivity index (χ4n) is 6.81. The summed E-state index contributed by atoms with van der Waals surface area (Å²) in [5, 5.41) is 8.65. The Labute approximate surface area is 323 Å². The summed E-state index contributed by atoms with van der Waals surface area (Å²) in [6.07, 6.45) is 7.59. The number of aromatic nitrogens is 6. The number of aliphatic hydroxyl groups is 1. The highest BCUT2D eigenvalue weighted by Gasteiger charge is 2.16. The molecule has 3 N–H and O–H groups in total. The van der Waals surface area contributed by atoms with Crippen LogP contribution in [-0.4, -0.2) is 75.4 Å². The molecule has 54 heavy (non-hydrogen) atoms. The number of fused-ring (bicyclic) bond motifs is 2. The monoisotopic (exact) mass is 770 g/mol. The zero-order valence-electron chi connectivity index (χ0n) is 30.4. The first-order chi connectivity index (χ1) is 26.4. The van der Waals surface area contributed by atoms with Gasteiger partial charge in [-0.15, -0.1) is 0 Å². The van der Waals surface area contributed by atoms with Crippen LogP contribution in [0, 0.1) is 0 Å². The minimum absolute atomic E-state index is 0.190. The Balaban J connectivity index is 0.000000177. The lowest BCUT2D eigenvalue weighted by atomic mass is 10.2. The lowest BCUT2D eigenvalue weighted by Gasteiger charge is -2.16. The van der Waals surface area contributed by atoms with Crippen LogP contribution in [0.15, 0.2) is 76.3 Å². The van der Waals surface area contributed by atoms with Crippen molar-refractivity contribution in [3.05, 3.63) is 121 Å². The van der Waals surface area contributed by atoms with Crippen LogP contribution in [0.5, 0.6) is 5.75 Å². The van der Waals surface area contributed by atoms with Crippen molar-refractivity contribution in [2.75, 3.05) is 50.2 Å². The number of pyridine rings is 2. The van der Waals surface area contributed by atoms with Crippen LogP contribution in [0.1, 0.15) is 48.7 Å². The Morgan fingerprint density at radius 3 is 1.61 bits per heavy atom. The highest BCUT2D eigenvalue weighted by atomic mass is 35.5. The van der Waals surface area contributed by atoms with Crippen molar-refractivity contribution in [3.8, 4) is 5.75 Å². The summed E-state index contributed by atoms with van der Waals surface area (Å²) in [6.45, 7) is 4.30. The van der Waals surface area contributed by atoms with Gasteiger partial charge in [0.15, 0.2) is 5.75 Å². The Morgan fingerprint density at radius 1 is 0.611 bits per heavy atom. The van der Waals surface area contributed by atoms with Gasteiger partial charge >= 0.3 is 0 Å². The molecule has 0 atom stereocenters. The van der Waals surface area contributed by atoms with E-state index in [1.54, 1.807) is 18.2 Å². The van der Waals surface area contributed by atoms with Gasteiger partial charge in [0.1, 0.15) is 28.7 Å². The Bertz CT molecular complexity index is 2320. The van der Waals surface area contributed by atoms with E-state index in [-0.39, 0.29) is 11.1 Å². The second-order valence-electron chi connectivity index (χ2n) is 13.0. The lowest BCUT2D eigenvalue weighted by molar-refractivity contribution is 0.399. The van der Waals surface area contributed by atoms with Crippen molar-refractivity contribution in [1.29, 1.82) is 0 Å². The average Bonchev–Trinajstić information content (AvgIpc) is 3.94. The lowest BCUT2D eigenvalue weighted by Crippen LogP contribution is -2.19. The SMILES string of the molecule is CO.COc1c(Cl)ccc2nc(CCc3cccc(N4CCCC4)n3)[nH]c(=O)c12.O=c1[nH]c(CCc2cccc(N3CCCC3)n2)nc2cccc(Cl)c12. The van der Waals surface area contributed by atoms with Crippen molar-refractivity contribution < 1.29 is 9.84 Å². The predicted molar refractivity (Wildman–Crippen MR) is 216 cm³/mol. The van der Waals surface area contributed by atoms with E-state index in [0.717, 1.165) is 62.7 Å². The number of hydrogen-bond acceptors (Lipinski definition) is 10. The highest BCUT2D eigenvalue weighted by Crippen LogP contribution is 2.30. The van der Waals surface area contributed by atoms with Crippen LogP contribution in [0.3, 0.4) is 0 Å². The number of aryl methyl sites for hydroxylation is 4. The highest BCUT2D eigenvalue weighted by molar-refractivity contribution is 6.35. The number of methoxy groups -OCH3 is 1. The predicted octanol–water partition coefficient (Wildman–Crippen LogP) is 6.33. The summed E-state index contributed by atoms with van der Waals surface area (Å²) >= 11 is 12.2. The number of ether oxygens (including phenoxy) is 1.